The molecule has 0 nitrogen and oxygen atoms in total. The van der Waals surface area contributed by atoms with Crippen molar-refractivity contribution in [3.8, 4) is 0 Å². The summed E-state index contributed by atoms with van der Waals surface area (Å²) in [5.41, 5.74) is 0. The molecule has 0 heterocycles. The van der Waals surface area contributed by atoms with Crippen molar-refractivity contribution < 1.29 is 0 Å². The van der Waals surface area contributed by atoms with Crippen molar-refractivity contribution in [2.24, 2.45) is 5.92 Å². The van der Waals surface area contributed by atoms with Crippen LogP contribution in [0.3, 0.4) is 0 Å². The van der Waals surface area contributed by atoms with Gasteiger partial charge in [-0.05, 0) is 36.8 Å². The molecule has 0 aromatic rings. The molecule has 0 N–H and O–H groups in total. The van der Waals surface area contributed by atoms with Gasteiger partial charge in [0.1, 0.15) is 0 Å². The van der Waals surface area contributed by atoms with Crippen LogP contribution in [0.15, 0.2) is 12.7 Å². The molecule has 0 radical (unpaired) electrons. The molecule has 24 heavy (non-hydrogen) atoms. The van der Waals surface area contributed by atoms with Gasteiger partial charge in [-0.2, -0.15) is 0 Å². The molecule has 0 saturated carbocycles. The molecule has 0 aliphatic carbocycles. The van der Waals surface area contributed by atoms with Crippen molar-refractivity contribution in [2.45, 2.75) is 129 Å². The number of unbranched alkanes of at least 4 members (excludes halogenated alkanes) is 9. The van der Waals surface area contributed by atoms with Gasteiger partial charge in [0, 0.05) is 0 Å². The standard InChI is InChI=1S/C23H47P/c1-5-9-12-13-14-15-16-17-19-22(18-8-4)23(24,20-10-6-2)21-11-7-3/h8,22H,4-7,9-21,24H2,1-3H3. The second-order valence-corrected chi connectivity index (χ2v) is 9.07. The Morgan fingerprint density at radius 3 is 1.67 bits per heavy atom. The summed E-state index contributed by atoms with van der Waals surface area (Å²) >= 11 is 0. The fourth-order valence-corrected chi connectivity index (χ4v) is 4.62. The molecule has 0 aliphatic heterocycles. The van der Waals surface area contributed by atoms with Crippen LogP contribution in [0.4, 0.5) is 0 Å². The first-order valence-electron chi connectivity index (χ1n) is 11.0. The summed E-state index contributed by atoms with van der Waals surface area (Å²) in [4.78, 5) is 0. The van der Waals surface area contributed by atoms with Crippen molar-refractivity contribution >= 4 is 9.24 Å². The molecule has 2 atom stereocenters. The van der Waals surface area contributed by atoms with E-state index in [1.54, 1.807) is 0 Å². The fourth-order valence-electron chi connectivity index (χ4n) is 3.91. The first-order valence-corrected chi connectivity index (χ1v) is 11.6. The van der Waals surface area contributed by atoms with Crippen LogP contribution in [-0.2, 0) is 0 Å². The normalized spacial score (nSPS) is 13.2. The molecule has 0 rings (SSSR count). The van der Waals surface area contributed by atoms with Crippen LogP contribution in [0.1, 0.15) is 124 Å². The molecule has 0 bridgehead atoms. The number of rotatable bonds is 18. The summed E-state index contributed by atoms with van der Waals surface area (Å²) in [6.07, 6.45) is 24.3. The Hall–Kier alpha value is 0.170. The third-order valence-corrected chi connectivity index (χ3v) is 6.71. The van der Waals surface area contributed by atoms with Crippen LogP contribution in [-0.4, -0.2) is 5.16 Å². The summed E-state index contributed by atoms with van der Waals surface area (Å²) in [5.74, 6) is 0.818. The maximum Gasteiger partial charge on any atom is -0.0119 e. The summed E-state index contributed by atoms with van der Waals surface area (Å²) in [6, 6.07) is 0. The third kappa shape index (κ3) is 11.7. The molecule has 0 aromatic heterocycles. The van der Waals surface area contributed by atoms with Gasteiger partial charge in [0.05, 0.1) is 0 Å². The zero-order valence-electron chi connectivity index (χ0n) is 17.3. The highest BCUT2D eigenvalue weighted by molar-refractivity contribution is 7.19. The average molecular weight is 355 g/mol. The zero-order chi connectivity index (χ0) is 18.1. The van der Waals surface area contributed by atoms with E-state index in [-0.39, 0.29) is 0 Å². The Kier molecular flexibility index (Phi) is 16.7. The van der Waals surface area contributed by atoms with Crippen LogP contribution >= 0.6 is 9.24 Å². The lowest BCUT2D eigenvalue weighted by Gasteiger charge is -2.38. The zero-order valence-corrected chi connectivity index (χ0v) is 18.4. The maximum atomic E-state index is 4.05. The lowest BCUT2D eigenvalue weighted by Crippen LogP contribution is -2.31. The average Bonchev–Trinajstić information content (AvgIpc) is 2.59. The van der Waals surface area contributed by atoms with Crippen molar-refractivity contribution in [3.05, 3.63) is 12.7 Å². The molecule has 144 valence electrons. The lowest BCUT2D eigenvalue weighted by molar-refractivity contribution is 0.297. The van der Waals surface area contributed by atoms with Crippen LogP contribution in [0.25, 0.3) is 0 Å². The smallest absolute Gasteiger partial charge is 0.0119 e. The first kappa shape index (κ1) is 24.2. The van der Waals surface area contributed by atoms with E-state index >= 15 is 0 Å². The fraction of sp³-hybridized carbons (Fsp3) is 0.913. The lowest BCUT2D eigenvalue weighted by atomic mass is 9.78. The van der Waals surface area contributed by atoms with Crippen LogP contribution in [0.2, 0.25) is 0 Å². The highest BCUT2D eigenvalue weighted by atomic mass is 31.0. The van der Waals surface area contributed by atoms with Gasteiger partial charge in [-0.1, -0.05) is 104 Å². The second kappa shape index (κ2) is 16.6. The SMILES string of the molecule is C=CCC(CCCCCCCCCC)C(P)(CCCC)CCCC. The predicted molar refractivity (Wildman–Crippen MR) is 117 cm³/mol. The third-order valence-electron chi connectivity index (χ3n) is 5.66. The number of allylic oxidation sites excluding steroid dienone is 1. The van der Waals surface area contributed by atoms with Gasteiger partial charge in [-0.25, -0.2) is 0 Å². The van der Waals surface area contributed by atoms with Crippen molar-refractivity contribution in [2.75, 3.05) is 0 Å². The largest absolute Gasteiger partial charge is 0.131 e. The van der Waals surface area contributed by atoms with E-state index in [4.69, 9.17) is 0 Å². The Labute approximate surface area is 156 Å². The summed E-state index contributed by atoms with van der Waals surface area (Å²) < 4.78 is 0. The van der Waals surface area contributed by atoms with Gasteiger partial charge in [-0.3, -0.25) is 0 Å². The summed E-state index contributed by atoms with van der Waals surface area (Å²) in [5, 5.41) is 0.460. The van der Waals surface area contributed by atoms with E-state index in [9.17, 15) is 0 Å². The molecule has 0 aliphatic rings. The van der Waals surface area contributed by atoms with Crippen LogP contribution < -0.4 is 0 Å². The van der Waals surface area contributed by atoms with Crippen molar-refractivity contribution in [3.63, 3.8) is 0 Å². The molecule has 0 aromatic carbocycles. The predicted octanol–water partition coefficient (Wildman–Crippen LogP) is 8.70. The van der Waals surface area contributed by atoms with E-state index in [0.29, 0.717) is 5.16 Å². The minimum atomic E-state index is 0.460. The van der Waals surface area contributed by atoms with Crippen LogP contribution in [0, 0.1) is 5.92 Å². The minimum Gasteiger partial charge on any atom is -0.131 e. The van der Waals surface area contributed by atoms with E-state index in [2.05, 4.69) is 42.7 Å². The first-order chi connectivity index (χ1) is 11.6. The monoisotopic (exact) mass is 354 g/mol. The molecule has 0 fully saturated rings. The summed E-state index contributed by atoms with van der Waals surface area (Å²) in [7, 11) is 3.31. The highest BCUT2D eigenvalue weighted by Crippen LogP contribution is 2.43. The van der Waals surface area contributed by atoms with Crippen molar-refractivity contribution in [1.82, 2.24) is 0 Å². The van der Waals surface area contributed by atoms with Gasteiger partial charge >= 0.3 is 0 Å². The number of hydrogen-bond donors (Lipinski definition) is 0. The van der Waals surface area contributed by atoms with Crippen molar-refractivity contribution in [1.29, 1.82) is 0 Å². The molecule has 1 heteroatoms. The highest BCUT2D eigenvalue weighted by Gasteiger charge is 2.31. The van der Waals surface area contributed by atoms with Gasteiger partial charge in [-0.15, -0.1) is 15.8 Å². The molecule has 0 saturated heterocycles. The molecular formula is C23H47P. The topological polar surface area (TPSA) is 0 Å². The van der Waals surface area contributed by atoms with Gasteiger partial charge in [0.15, 0.2) is 0 Å². The molecule has 0 amide bonds. The Morgan fingerprint density at radius 2 is 1.21 bits per heavy atom. The Bertz CT molecular complexity index is 263. The maximum absolute atomic E-state index is 4.05. The molecular weight excluding hydrogens is 307 g/mol. The van der Waals surface area contributed by atoms with E-state index in [1.807, 2.05) is 0 Å². The van der Waals surface area contributed by atoms with Gasteiger partial charge in [0.2, 0.25) is 0 Å². The quantitative estimate of drug-likeness (QED) is 0.131. The number of hydrogen-bond acceptors (Lipinski definition) is 0. The van der Waals surface area contributed by atoms with E-state index in [1.165, 1.54) is 103 Å². The summed E-state index contributed by atoms with van der Waals surface area (Å²) in [6.45, 7) is 11.0. The Morgan fingerprint density at radius 1 is 0.750 bits per heavy atom. The molecule has 0 spiro atoms. The minimum absolute atomic E-state index is 0.460. The van der Waals surface area contributed by atoms with E-state index < -0.39 is 0 Å². The molecule has 2 unspecified atom stereocenters. The Balaban J connectivity index is 4.27. The van der Waals surface area contributed by atoms with Crippen LogP contribution in [0.5, 0.6) is 0 Å². The van der Waals surface area contributed by atoms with Gasteiger partial charge < -0.3 is 0 Å². The van der Waals surface area contributed by atoms with E-state index in [0.717, 1.165) is 5.92 Å². The van der Waals surface area contributed by atoms with Gasteiger partial charge in [0.25, 0.3) is 0 Å². The second-order valence-electron chi connectivity index (χ2n) is 7.93.